The molecule has 0 N–H and O–H groups in total. The Hall–Kier alpha value is -0.420. The Morgan fingerprint density at radius 2 is 2.12 bits per heavy atom. The zero-order chi connectivity index (χ0) is 12.8. The van der Waals surface area contributed by atoms with E-state index in [2.05, 4.69) is 31.9 Å². The topological polar surface area (TPSA) is 20.3 Å². The Morgan fingerprint density at radius 3 is 2.65 bits per heavy atom. The van der Waals surface area contributed by atoms with E-state index in [1.54, 1.807) is 17.0 Å². The summed E-state index contributed by atoms with van der Waals surface area (Å²) >= 11 is 6.38. The van der Waals surface area contributed by atoms with Crippen LogP contribution in [0.1, 0.15) is 23.7 Å². The molecule has 0 aliphatic carbocycles. The van der Waals surface area contributed by atoms with Crippen molar-refractivity contribution in [2.75, 3.05) is 18.4 Å². The maximum atomic E-state index is 13.3. The van der Waals surface area contributed by atoms with E-state index in [0.717, 1.165) is 11.8 Å². The van der Waals surface area contributed by atoms with Crippen molar-refractivity contribution in [3.05, 3.63) is 34.1 Å². The molecule has 0 spiro atoms. The van der Waals surface area contributed by atoms with Crippen molar-refractivity contribution in [3.63, 3.8) is 0 Å². The van der Waals surface area contributed by atoms with Crippen LogP contribution in [0.4, 0.5) is 4.39 Å². The molecule has 0 aliphatic heterocycles. The first-order valence-electron chi connectivity index (χ1n) is 5.40. The molecule has 94 valence electrons. The first-order valence-corrected chi connectivity index (χ1v) is 7.32. The fourth-order valence-corrected chi connectivity index (χ4v) is 2.17. The van der Waals surface area contributed by atoms with Gasteiger partial charge in [-0.25, -0.2) is 4.39 Å². The molecule has 0 unspecified atom stereocenters. The summed E-state index contributed by atoms with van der Waals surface area (Å²) in [5.41, 5.74) is 0.389. The summed E-state index contributed by atoms with van der Waals surface area (Å²) in [6.07, 6.45) is 0.887. The van der Waals surface area contributed by atoms with E-state index < -0.39 is 5.82 Å². The van der Waals surface area contributed by atoms with E-state index in [-0.39, 0.29) is 5.91 Å². The molecule has 0 saturated carbocycles. The first-order chi connectivity index (χ1) is 8.10. The van der Waals surface area contributed by atoms with Gasteiger partial charge in [-0.15, -0.1) is 0 Å². The average molecular weight is 367 g/mol. The maximum Gasteiger partial charge on any atom is 0.253 e. The average Bonchev–Trinajstić information content (AvgIpc) is 2.31. The van der Waals surface area contributed by atoms with Crippen molar-refractivity contribution in [3.8, 4) is 0 Å². The zero-order valence-electron chi connectivity index (χ0n) is 9.55. The van der Waals surface area contributed by atoms with Crippen LogP contribution in [0, 0.1) is 5.82 Å². The van der Waals surface area contributed by atoms with Gasteiger partial charge in [-0.3, -0.25) is 4.79 Å². The van der Waals surface area contributed by atoms with Crippen LogP contribution in [0.15, 0.2) is 22.7 Å². The minimum atomic E-state index is -0.411. The molecule has 1 amide bonds. The van der Waals surface area contributed by atoms with Gasteiger partial charge in [-0.05, 0) is 40.5 Å². The molecule has 1 rings (SSSR count). The van der Waals surface area contributed by atoms with E-state index in [4.69, 9.17) is 0 Å². The van der Waals surface area contributed by atoms with Gasteiger partial charge in [0.05, 0.1) is 4.47 Å². The highest BCUT2D eigenvalue weighted by atomic mass is 79.9. The van der Waals surface area contributed by atoms with E-state index >= 15 is 0 Å². The van der Waals surface area contributed by atoms with E-state index in [1.165, 1.54) is 6.07 Å². The largest absolute Gasteiger partial charge is 0.338 e. The van der Waals surface area contributed by atoms with Gasteiger partial charge in [0.15, 0.2) is 0 Å². The third-order valence-electron chi connectivity index (χ3n) is 2.30. The summed E-state index contributed by atoms with van der Waals surface area (Å²) in [5, 5.41) is 0.720. The standard InChI is InChI=1S/C12H14Br2FNO/c1-2-6-16(7-5-13)12(17)9-3-4-10(14)11(15)8-9/h3-4,8H,2,5-7H2,1H3. The Morgan fingerprint density at radius 1 is 1.41 bits per heavy atom. The van der Waals surface area contributed by atoms with Crippen LogP contribution in [-0.2, 0) is 0 Å². The molecular weight excluding hydrogens is 353 g/mol. The van der Waals surface area contributed by atoms with Crippen molar-refractivity contribution >= 4 is 37.8 Å². The van der Waals surface area contributed by atoms with Crippen molar-refractivity contribution in [2.45, 2.75) is 13.3 Å². The summed E-state index contributed by atoms with van der Waals surface area (Å²) in [6, 6.07) is 4.45. The molecule has 1 aromatic rings. The maximum absolute atomic E-state index is 13.3. The molecule has 0 fully saturated rings. The highest BCUT2D eigenvalue weighted by Gasteiger charge is 2.15. The number of carbonyl (C=O) groups is 1. The van der Waals surface area contributed by atoms with E-state index in [1.807, 2.05) is 6.92 Å². The molecule has 0 saturated heterocycles. The second kappa shape index (κ2) is 7.11. The highest BCUT2D eigenvalue weighted by Crippen LogP contribution is 2.17. The van der Waals surface area contributed by atoms with Crippen molar-refractivity contribution in [1.29, 1.82) is 0 Å². The Balaban J connectivity index is 2.88. The summed E-state index contributed by atoms with van der Waals surface area (Å²) in [7, 11) is 0. The fourth-order valence-electron chi connectivity index (χ4n) is 1.50. The Bertz CT molecular complexity index is 392. The molecule has 5 heteroatoms. The fraction of sp³-hybridized carbons (Fsp3) is 0.417. The number of benzene rings is 1. The first kappa shape index (κ1) is 14.6. The molecule has 1 aromatic carbocycles. The quantitative estimate of drug-likeness (QED) is 0.725. The van der Waals surface area contributed by atoms with Gasteiger partial charge in [-0.2, -0.15) is 0 Å². The van der Waals surface area contributed by atoms with Crippen LogP contribution in [0.5, 0.6) is 0 Å². The lowest BCUT2D eigenvalue weighted by molar-refractivity contribution is 0.0766. The molecule has 0 aliphatic rings. The van der Waals surface area contributed by atoms with Gasteiger partial charge in [0.2, 0.25) is 0 Å². The third-order valence-corrected chi connectivity index (χ3v) is 3.30. The number of hydrogen-bond donors (Lipinski definition) is 0. The number of carbonyl (C=O) groups excluding carboxylic acids is 1. The van der Waals surface area contributed by atoms with Crippen LogP contribution < -0.4 is 0 Å². The van der Waals surface area contributed by atoms with Crippen LogP contribution >= 0.6 is 31.9 Å². The van der Waals surface area contributed by atoms with Gasteiger partial charge < -0.3 is 4.90 Å². The predicted molar refractivity (Wildman–Crippen MR) is 74.1 cm³/mol. The van der Waals surface area contributed by atoms with Gasteiger partial charge in [0, 0.05) is 24.0 Å². The van der Waals surface area contributed by atoms with Crippen molar-refractivity contribution in [1.82, 2.24) is 4.90 Å². The smallest absolute Gasteiger partial charge is 0.253 e. The lowest BCUT2D eigenvalue weighted by atomic mass is 10.2. The van der Waals surface area contributed by atoms with Gasteiger partial charge in [-0.1, -0.05) is 22.9 Å². The summed E-state index contributed by atoms with van der Waals surface area (Å²) in [6.45, 7) is 3.32. The molecule has 0 bridgehead atoms. The second-order valence-corrected chi connectivity index (χ2v) is 5.26. The zero-order valence-corrected chi connectivity index (χ0v) is 12.7. The minimum absolute atomic E-state index is 0.127. The molecule has 0 radical (unpaired) electrons. The number of rotatable bonds is 5. The number of nitrogens with zero attached hydrogens (tertiary/aromatic N) is 1. The number of amides is 1. The van der Waals surface area contributed by atoms with Gasteiger partial charge in [0.25, 0.3) is 5.91 Å². The monoisotopic (exact) mass is 365 g/mol. The van der Waals surface area contributed by atoms with Crippen molar-refractivity contribution in [2.24, 2.45) is 0 Å². The van der Waals surface area contributed by atoms with Gasteiger partial charge >= 0.3 is 0 Å². The molecule has 0 atom stereocenters. The minimum Gasteiger partial charge on any atom is -0.338 e. The van der Waals surface area contributed by atoms with Gasteiger partial charge in [0.1, 0.15) is 5.82 Å². The Kier molecular flexibility index (Phi) is 6.12. The van der Waals surface area contributed by atoms with Crippen molar-refractivity contribution < 1.29 is 9.18 Å². The lowest BCUT2D eigenvalue weighted by Crippen LogP contribution is -2.33. The van der Waals surface area contributed by atoms with E-state index in [9.17, 15) is 9.18 Å². The summed E-state index contributed by atoms with van der Waals surface area (Å²) in [4.78, 5) is 13.8. The van der Waals surface area contributed by atoms with Crippen LogP contribution in [0.2, 0.25) is 0 Å². The van der Waals surface area contributed by atoms with E-state index in [0.29, 0.717) is 23.1 Å². The van der Waals surface area contributed by atoms with Crippen LogP contribution in [0.25, 0.3) is 0 Å². The Labute approximate surface area is 117 Å². The molecular formula is C12H14Br2FNO. The number of hydrogen-bond acceptors (Lipinski definition) is 1. The predicted octanol–water partition coefficient (Wildman–Crippen LogP) is 3.84. The number of halogens is 3. The highest BCUT2D eigenvalue weighted by molar-refractivity contribution is 9.10. The molecule has 0 aromatic heterocycles. The third kappa shape index (κ3) is 4.07. The summed E-state index contributed by atoms with van der Waals surface area (Å²) < 4.78 is 13.7. The molecule has 17 heavy (non-hydrogen) atoms. The summed E-state index contributed by atoms with van der Waals surface area (Å²) in [5.74, 6) is -0.538. The second-order valence-electron chi connectivity index (χ2n) is 3.61. The molecule has 0 heterocycles. The van der Waals surface area contributed by atoms with Crippen LogP contribution in [-0.4, -0.2) is 29.2 Å². The van der Waals surface area contributed by atoms with Crippen LogP contribution in [0.3, 0.4) is 0 Å². The molecule has 2 nitrogen and oxygen atoms in total. The SMILES string of the molecule is CCCN(CCBr)C(=O)c1ccc(Br)c(F)c1. The number of alkyl halides is 1. The normalized spacial score (nSPS) is 10.4. The lowest BCUT2D eigenvalue weighted by Gasteiger charge is -2.21.